The Bertz CT molecular complexity index is 947. The molecule has 3 aromatic rings. The average Bonchev–Trinajstić information content (AvgIpc) is 3.18. The topological polar surface area (TPSA) is 66.9 Å². The fraction of sp³-hybridized carbons (Fsp3) is 0.273. The van der Waals surface area contributed by atoms with Crippen LogP contribution in [0, 0.1) is 5.82 Å². The lowest BCUT2D eigenvalue weighted by Crippen LogP contribution is -2.43. The Kier molecular flexibility index (Phi) is 5.46. The van der Waals surface area contributed by atoms with E-state index in [2.05, 4.69) is 0 Å². The molecule has 0 atom stereocenters. The quantitative estimate of drug-likeness (QED) is 0.580. The molecule has 1 fully saturated rings. The second kappa shape index (κ2) is 8.34. The van der Waals surface area contributed by atoms with Crippen LogP contribution in [0.5, 0.6) is 0 Å². The zero-order chi connectivity index (χ0) is 20.2. The van der Waals surface area contributed by atoms with Crippen molar-refractivity contribution in [2.24, 2.45) is 0 Å². The van der Waals surface area contributed by atoms with E-state index in [0.29, 0.717) is 5.76 Å². The standard InChI is InChI=1S/C22H21FN2O4/c23-17-7-5-16(6-8-17)13-24(14-19-3-1-11-28-19)21(26)15-25(18-9-10-18)22(27)20-4-2-12-29-20/h1-8,11-12,18H,9-10,13-15H2. The average molecular weight is 396 g/mol. The molecule has 2 heterocycles. The minimum absolute atomic E-state index is 0.0489. The highest BCUT2D eigenvalue weighted by atomic mass is 19.1. The maximum Gasteiger partial charge on any atom is 0.290 e. The molecule has 0 radical (unpaired) electrons. The number of carbonyl (C=O) groups excluding carboxylic acids is 2. The minimum Gasteiger partial charge on any atom is -0.467 e. The van der Waals surface area contributed by atoms with Gasteiger partial charge in [0.1, 0.15) is 18.1 Å². The van der Waals surface area contributed by atoms with Crippen molar-refractivity contribution in [1.29, 1.82) is 0 Å². The first-order valence-electron chi connectivity index (χ1n) is 9.49. The minimum atomic E-state index is -0.332. The van der Waals surface area contributed by atoms with Crippen molar-refractivity contribution < 1.29 is 22.8 Å². The van der Waals surface area contributed by atoms with Crippen molar-refractivity contribution in [3.63, 3.8) is 0 Å². The molecule has 1 aromatic carbocycles. The predicted molar refractivity (Wildman–Crippen MR) is 102 cm³/mol. The summed E-state index contributed by atoms with van der Waals surface area (Å²) in [6.07, 6.45) is 4.73. The molecule has 0 N–H and O–H groups in total. The van der Waals surface area contributed by atoms with Crippen LogP contribution in [0.1, 0.15) is 34.7 Å². The van der Waals surface area contributed by atoms with Gasteiger partial charge in [-0.1, -0.05) is 12.1 Å². The van der Waals surface area contributed by atoms with Gasteiger partial charge in [-0.05, 0) is 54.8 Å². The van der Waals surface area contributed by atoms with Crippen LogP contribution in [0.3, 0.4) is 0 Å². The highest BCUT2D eigenvalue weighted by Gasteiger charge is 2.36. The summed E-state index contributed by atoms with van der Waals surface area (Å²) >= 11 is 0. The monoisotopic (exact) mass is 396 g/mol. The first-order valence-corrected chi connectivity index (χ1v) is 9.49. The van der Waals surface area contributed by atoms with Gasteiger partial charge in [0.15, 0.2) is 5.76 Å². The maximum absolute atomic E-state index is 13.2. The first kappa shape index (κ1) is 19.0. The molecular weight excluding hydrogens is 375 g/mol. The van der Waals surface area contributed by atoms with Gasteiger partial charge in [0.2, 0.25) is 5.91 Å². The Morgan fingerprint density at radius 1 is 0.966 bits per heavy atom. The molecule has 0 spiro atoms. The van der Waals surface area contributed by atoms with Crippen molar-refractivity contribution in [3.8, 4) is 0 Å². The second-order valence-corrected chi connectivity index (χ2v) is 7.10. The Labute approximate surface area is 167 Å². The molecule has 150 valence electrons. The Hall–Kier alpha value is -3.35. The predicted octanol–water partition coefficient (Wildman–Crippen LogP) is 3.85. The molecule has 2 amide bonds. The summed E-state index contributed by atoms with van der Waals surface area (Å²) in [4.78, 5) is 29.1. The number of halogens is 1. The lowest BCUT2D eigenvalue weighted by molar-refractivity contribution is -0.133. The summed E-state index contributed by atoms with van der Waals surface area (Å²) < 4.78 is 23.8. The van der Waals surface area contributed by atoms with Gasteiger partial charge in [0.25, 0.3) is 5.91 Å². The van der Waals surface area contributed by atoms with E-state index in [-0.39, 0.29) is 49.1 Å². The van der Waals surface area contributed by atoms with E-state index in [0.717, 1.165) is 18.4 Å². The molecule has 0 bridgehead atoms. The maximum atomic E-state index is 13.2. The van der Waals surface area contributed by atoms with Crippen molar-refractivity contribution in [2.45, 2.75) is 32.0 Å². The van der Waals surface area contributed by atoms with Gasteiger partial charge in [0, 0.05) is 12.6 Å². The summed E-state index contributed by atoms with van der Waals surface area (Å²) in [6, 6.07) is 12.9. The van der Waals surface area contributed by atoms with E-state index in [4.69, 9.17) is 8.83 Å². The van der Waals surface area contributed by atoms with Crippen LogP contribution in [0.25, 0.3) is 0 Å². The summed E-state index contributed by atoms with van der Waals surface area (Å²) in [5, 5.41) is 0. The van der Waals surface area contributed by atoms with Crippen molar-refractivity contribution in [1.82, 2.24) is 9.80 Å². The molecule has 4 rings (SSSR count). The molecule has 0 aliphatic heterocycles. The number of amides is 2. The number of carbonyl (C=O) groups is 2. The van der Waals surface area contributed by atoms with Crippen LogP contribution >= 0.6 is 0 Å². The number of rotatable bonds is 8. The third kappa shape index (κ3) is 4.74. The lowest BCUT2D eigenvalue weighted by Gasteiger charge is -2.27. The van der Waals surface area contributed by atoms with Gasteiger partial charge in [-0.25, -0.2) is 4.39 Å². The second-order valence-electron chi connectivity index (χ2n) is 7.10. The number of furan rings is 2. The molecule has 0 unspecified atom stereocenters. The summed E-state index contributed by atoms with van der Waals surface area (Å²) in [7, 11) is 0. The summed E-state index contributed by atoms with van der Waals surface area (Å²) in [5.74, 6) is 0.0290. The zero-order valence-corrected chi connectivity index (χ0v) is 15.8. The smallest absolute Gasteiger partial charge is 0.290 e. The molecule has 1 aliphatic rings. The fourth-order valence-electron chi connectivity index (χ4n) is 3.17. The first-order chi connectivity index (χ1) is 14.1. The molecular formula is C22H21FN2O4. The number of hydrogen-bond donors (Lipinski definition) is 0. The van der Waals surface area contributed by atoms with E-state index in [1.165, 1.54) is 18.4 Å². The van der Waals surface area contributed by atoms with Crippen LogP contribution in [0.2, 0.25) is 0 Å². The van der Waals surface area contributed by atoms with Gasteiger partial charge in [-0.2, -0.15) is 0 Å². The van der Waals surface area contributed by atoms with Gasteiger partial charge in [-0.15, -0.1) is 0 Å². The van der Waals surface area contributed by atoms with Crippen molar-refractivity contribution >= 4 is 11.8 Å². The van der Waals surface area contributed by atoms with Gasteiger partial charge >= 0.3 is 0 Å². The highest BCUT2D eigenvalue weighted by molar-refractivity contribution is 5.94. The normalized spacial score (nSPS) is 13.3. The number of benzene rings is 1. The molecule has 6 nitrogen and oxygen atoms in total. The molecule has 7 heteroatoms. The highest BCUT2D eigenvalue weighted by Crippen LogP contribution is 2.28. The van der Waals surface area contributed by atoms with Gasteiger partial charge < -0.3 is 18.6 Å². The molecule has 1 saturated carbocycles. The van der Waals surface area contributed by atoms with E-state index in [1.807, 2.05) is 0 Å². The third-order valence-electron chi connectivity index (χ3n) is 4.85. The third-order valence-corrected chi connectivity index (χ3v) is 4.85. The Morgan fingerprint density at radius 2 is 1.69 bits per heavy atom. The summed E-state index contributed by atoms with van der Waals surface area (Å²) in [6.45, 7) is 0.496. The Balaban J connectivity index is 1.51. The van der Waals surface area contributed by atoms with Crippen molar-refractivity contribution in [2.75, 3.05) is 6.54 Å². The van der Waals surface area contributed by atoms with Crippen LogP contribution in [-0.4, -0.2) is 34.2 Å². The van der Waals surface area contributed by atoms with E-state index >= 15 is 0 Å². The molecule has 2 aromatic heterocycles. The van der Waals surface area contributed by atoms with Crippen LogP contribution in [0.15, 0.2) is 69.9 Å². The van der Waals surface area contributed by atoms with Gasteiger partial charge in [0.05, 0.1) is 19.1 Å². The molecule has 1 aliphatic carbocycles. The van der Waals surface area contributed by atoms with Gasteiger partial charge in [-0.3, -0.25) is 9.59 Å². The largest absolute Gasteiger partial charge is 0.467 e. The van der Waals surface area contributed by atoms with Crippen LogP contribution < -0.4 is 0 Å². The van der Waals surface area contributed by atoms with E-state index < -0.39 is 0 Å². The number of nitrogens with zero attached hydrogens (tertiary/aromatic N) is 2. The SMILES string of the molecule is O=C(CN(C(=O)c1ccco1)C1CC1)N(Cc1ccc(F)cc1)Cc1ccco1. The molecule has 29 heavy (non-hydrogen) atoms. The van der Waals surface area contributed by atoms with Crippen molar-refractivity contribution in [3.05, 3.63) is 84.0 Å². The van der Waals surface area contributed by atoms with Crippen LogP contribution in [-0.2, 0) is 17.9 Å². The summed E-state index contributed by atoms with van der Waals surface area (Å²) in [5.41, 5.74) is 0.793. The Morgan fingerprint density at radius 3 is 2.31 bits per heavy atom. The zero-order valence-electron chi connectivity index (χ0n) is 15.8. The number of hydrogen-bond acceptors (Lipinski definition) is 4. The van der Waals surface area contributed by atoms with E-state index in [1.54, 1.807) is 52.5 Å². The molecule has 0 saturated heterocycles. The lowest BCUT2D eigenvalue weighted by atomic mass is 10.2. The van der Waals surface area contributed by atoms with Crippen LogP contribution in [0.4, 0.5) is 4.39 Å². The van der Waals surface area contributed by atoms with E-state index in [9.17, 15) is 14.0 Å². The fourth-order valence-corrected chi connectivity index (χ4v) is 3.17.